The summed E-state index contributed by atoms with van der Waals surface area (Å²) in [6.45, 7) is 3.80. The molecule has 0 saturated heterocycles. The van der Waals surface area contributed by atoms with E-state index in [1.165, 1.54) is 0 Å². The van der Waals surface area contributed by atoms with Gasteiger partial charge in [0, 0.05) is 12.1 Å². The molecule has 0 radical (unpaired) electrons. The zero-order valence-electron chi connectivity index (χ0n) is 12.8. The third kappa shape index (κ3) is 6.55. The average Bonchev–Trinajstić information content (AvgIpc) is 2.48. The number of carboxylic acid groups (broad SMARTS) is 1. The Labute approximate surface area is 129 Å². The van der Waals surface area contributed by atoms with Crippen LogP contribution >= 0.6 is 0 Å². The molecule has 7 nitrogen and oxygen atoms in total. The Kier molecular flexibility index (Phi) is 7.95. The van der Waals surface area contributed by atoms with Crippen molar-refractivity contribution < 1.29 is 30.5 Å². The number of ether oxygens (including phenoxy) is 1. The molecule has 0 bridgehead atoms. The predicted octanol–water partition coefficient (Wildman–Crippen LogP) is -2.27. The Morgan fingerprint density at radius 2 is 2.05 bits per heavy atom. The minimum absolute atomic E-state index is 0.132. The van der Waals surface area contributed by atoms with E-state index >= 15 is 0 Å². The van der Waals surface area contributed by atoms with E-state index in [0.29, 0.717) is 18.8 Å². The van der Waals surface area contributed by atoms with E-state index in [4.69, 9.17) is 4.74 Å². The van der Waals surface area contributed by atoms with Gasteiger partial charge in [-0.2, -0.15) is 0 Å². The van der Waals surface area contributed by atoms with Gasteiger partial charge in [-0.15, -0.1) is 0 Å². The SMILES string of the molecule is CCOc1ccc(NC(=O)C[C@H]([NH2+]CCC[NH3+])C(=O)[O-])cc1. The van der Waals surface area contributed by atoms with E-state index < -0.39 is 12.0 Å². The van der Waals surface area contributed by atoms with Crippen LogP contribution in [0.1, 0.15) is 19.8 Å². The van der Waals surface area contributed by atoms with Gasteiger partial charge in [0.05, 0.1) is 32.1 Å². The summed E-state index contributed by atoms with van der Waals surface area (Å²) in [4.78, 5) is 22.9. The molecular formula is C15H24N3O4+. The van der Waals surface area contributed by atoms with E-state index in [2.05, 4.69) is 11.1 Å². The molecule has 1 aromatic rings. The first-order valence-electron chi connectivity index (χ1n) is 7.43. The third-order valence-corrected chi connectivity index (χ3v) is 3.06. The van der Waals surface area contributed by atoms with Crippen LogP contribution in [0.2, 0.25) is 0 Å². The van der Waals surface area contributed by atoms with Crippen molar-refractivity contribution in [1.82, 2.24) is 0 Å². The summed E-state index contributed by atoms with van der Waals surface area (Å²) in [7, 11) is 0. The Hall–Kier alpha value is -2.12. The summed E-state index contributed by atoms with van der Waals surface area (Å²) in [5.41, 5.74) is 4.29. The van der Waals surface area contributed by atoms with Gasteiger partial charge in [-0.3, -0.25) is 4.79 Å². The predicted molar refractivity (Wildman–Crippen MR) is 78.8 cm³/mol. The quantitative estimate of drug-likeness (QED) is 0.422. The molecule has 22 heavy (non-hydrogen) atoms. The van der Waals surface area contributed by atoms with Crippen LogP contribution in [-0.2, 0) is 9.59 Å². The van der Waals surface area contributed by atoms with Crippen LogP contribution in [0.15, 0.2) is 24.3 Å². The number of nitrogens with one attached hydrogen (secondary N) is 1. The Morgan fingerprint density at radius 3 is 2.59 bits per heavy atom. The fourth-order valence-electron chi connectivity index (χ4n) is 1.94. The Bertz CT molecular complexity index is 476. The number of hydrogen-bond acceptors (Lipinski definition) is 4. The molecule has 0 spiro atoms. The van der Waals surface area contributed by atoms with Crippen molar-refractivity contribution >= 4 is 17.6 Å². The maximum absolute atomic E-state index is 11.9. The molecule has 0 fully saturated rings. The maximum Gasteiger partial charge on any atom is 0.230 e. The largest absolute Gasteiger partial charge is 0.544 e. The lowest BCUT2D eigenvalue weighted by atomic mass is 10.2. The molecule has 1 amide bonds. The molecule has 1 aromatic carbocycles. The van der Waals surface area contributed by atoms with Crippen LogP contribution in [0.4, 0.5) is 5.69 Å². The van der Waals surface area contributed by atoms with Crippen LogP contribution in [0.5, 0.6) is 5.75 Å². The highest BCUT2D eigenvalue weighted by Crippen LogP contribution is 2.15. The first-order valence-corrected chi connectivity index (χ1v) is 7.43. The van der Waals surface area contributed by atoms with Crippen LogP contribution < -0.4 is 26.2 Å². The lowest BCUT2D eigenvalue weighted by Crippen LogP contribution is -2.93. The van der Waals surface area contributed by atoms with Crippen LogP contribution in [-0.4, -0.2) is 37.6 Å². The van der Waals surface area contributed by atoms with Gasteiger partial charge in [-0.05, 0) is 31.2 Å². The first kappa shape index (κ1) is 17.9. The standard InChI is InChI=1S/C15H23N3O4/c1-2-22-12-6-4-11(5-7-12)18-14(19)10-13(15(20)21)17-9-3-8-16/h4-7,13,17H,2-3,8-10,16H2,1H3,(H,18,19)(H,20,21)/p+1/t13-/m0/s1. The van der Waals surface area contributed by atoms with E-state index in [9.17, 15) is 14.7 Å². The third-order valence-electron chi connectivity index (χ3n) is 3.06. The van der Waals surface area contributed by atoms with Crippen molar-refractivity contribution in [1.29, 1.82) is 0 Å². The summed E-state index contributed by atoms with van der Waals surface area (Å²) in [6.07, 6.45) is 0.664. The topological polar surface area (TPSA) is 123 Å². The summed E-state index contributed by atoms with van der Waals surface area (Å²) in [6, 6.07) is 6.03. The second-order valence-corrected chi connectivity index (χ2v) is 4.87. The summed E-state index contributed by atoms with van der Waals surface area (Å²) in [5.74, 6) is -0.871. The Balaban J connectivity index is 2.50. The van der Waals surface area contributed by atoms with Gasteiger partial charge >= 0.3 is 0 Å². The minimum atomic E-state index is -1.23. The molecule has 1 rings (SSSR count). The zero-order chi connectivity index (χ0) is 16.4. The molecule has 0 aromatic heterocycles. The molecule has 1 atom stereocenters. The second-order valence-electron chi connectivity index (χ2n) is 4.87. The van der Waals surface area contributed by atoms with Gasteiger partial charge in [0.15, 0.2) is 0 Å². The van der Waals surface area contributed by atoms with Crippen LogP contribution in [0.25, 0.3) is 0 Å². The monoisotopic (exact) mass is 310 g/mol. The van der Waals surface area contributed by atoms with Gasteiger partial charge < -0.3 is 31.0 Å². The van der Waals surface area contributed by atoms with Crippen molar-refractivity contribution in [2.45, 2.75) is 25.8 Å². The summed E-state index contributed by atoms with van der Waals surface area (Å²) < 4.78 is 5.31. The number of hydrogen-bond donors (Lipinski definition) is 3. The molecule has 0 aliphatic carbocycles. The summed E-state index contributed by atoms with van der Waals surface area (Å²) in [5, 5.41) is 15.3. The number of quaternary nitrogens is 2. The highest BCUT2D eigenvalue weighted by molar-refractivity contribution is 5.93. The molecule has 6 N–H and O–H groups in total. The second kappa shape index (κ2) is 9.75. The number of nitrogens with two attached hydrogens (primary N) is 1. The van der Waals surface area contributed by atoms with E-state index in [-0.39, 0.29) is 12.3 Å². The van der Waals surface area contributed by atoms with Crippen molar-refractivity contribution in [3.8, 4) is 5.75 Å². The zero-order valence-corrected chi connectivity index (χ0v) is 12.8. The molecule has 0 unspecified atom stereocenters. The molecule has 7 heteroatoms. The molecule has 0 aliphatic heterocycles. The van der Waals surface area contributed by atoms with Crippen molar-refractivity contribution in [2.75, 3.05) is 25.0 Å². The first-order chi connectivity index (χ1) is 10.6. The lowest BCUT2D eigenvalue weighted by molar-refractivity contribution is -0.684. The minimum Gasteiger partial charge on any atom is -0.544 e. The van der Waals surface area contributed by atoms with Gasteiger partial charge in [0.1, 0.15) is 11.8 Å². The average molecular weight is 310 g/mol. The van der Waals surface area contributed by atoms with E-state index in [1.54, 1.807) is 29.6 Å². The van der Waals surface area contributed by atoms with E-state index in [1.807, 2.05) is 6.92 Å². The summed E-state index contributed by atoms with van der Waals surface area (Å²) >= 11 is 0. The number of carbonyl (C=O) groups is 2. The van der Waals surface area contributed by atoms with Crippen molar-refractivity contribution in [3.05, 3.63) is 24.3 Å². The smallest absolute Gasteiger partial charge is 0.230 e. The number of carboxylic acids is 1. The van der Waals surface area contributed by atoms with Gasteiger partial charge in [0.2, 0.25) is 5.91 Å². The lowest BCUT2D eigenvalue weighted by Gasteiger charge is -2.16. The number of rotatable bonds is 10. The molecular weight excluding hydrogens is 286 g/mol. The normalized spacial score (nSPS) is 11.7. The van der Waals surface area contributed by atoms with Crippen LogP contribution in [0, 0.1) is 0 Å². The fraction of sp³-hybridized carbons (Fsp3) is 0.467. The van der Waals surface area contributed by atoms with Crippen molar-refractivity contribution in [2.24, 2.45) is 0 Å². The van der Waals surface area contributed by atoms with E-state index in [0.717, 1.165) is 18.7 Å². The number of anilines is 1. The molecule has 0 saturated carbocycles. The highest BCUT2D eigenvalue weighted by Gasteiger charge is 2.18. The fourth-order valence-corrected chi connectivity index (χ4v) is 1.94. The van der Waals surface area contributed by atoms with Gasteiger partial charge in [0.25, 0.3) is 0 Å². The maximum atomic E-state index is 11.9. The van der Waals surface area contributed by atoms with Crippen LogP contribution in [0.3, 0.4) is 0 Å². The molecule has 0 aliphatic rings. The number of carbonyl (C=O) groups excluding carboxylic acids is 2. The number of aliphatic carboxylic acids is 1. The molecule has 0 heterocycles. The van der Waals surface area contributed by atoms with Crippen molar-refractivity contribution in [3.63, 3.8) is 0 Å². The highest BCUT2D eigenvalue weighted by atomic mass is 16.5. The molecule has 122 valence electrons. The Morgan fingerprint density at radius 1 is 1.36 bits per heavy atom. The van der Waals surface area contributed by atoms with Gasteiger partial charge in [-0.25, -0.2) is 0 Å². The number of benzene rings is 1. The number of amides is 1. The van der Waals surface area contributed by atoms with Gasteiger partial charge in [-0.1, -0.05) is 0 Å².